The van der Waals surface area contributed by atoms with Crippen molar-refractivity contribution in [1.29, 1.82) is 0 Å². The molecule has 2 aromatic heterocycles. The quantitative estimate of drug-likeness (QED) is 0.185. The first-order valence-electron chi connectivity index (χ1n) is 14.8. The van der Waals surface area contributed by atoms with Crippen molar-refractivity contribution in [3.8, 4) is 0 Å². The molecule has 2 N–H and O–H groups in total. The molecule has 0 bridgehead atoms. The molecule has 4 amide bonds. The fourth-order valence-electron chi connectivity index (χ4n) is 7.18. The van der Waals surface area contributed by atoms with E-state index in [4.69, 9.17) is 0 Å². The molecule has 0 radical (unpaired) electrons. The molecule has 8 heteroatoms. The summed E-state index contributed by atoms with van der Waals surface area (Å²) < 4.78 is 0. The summed E-state index contributed by atoms with van der Waals surface area (Å²) in [6.07, 6.45) is 0. The minimum Gasteiger partial charge on any atom is -0.354 e. The molecule has 0 saturated heterocycles. The minimum absolute atomic E-state index is 0.128. The van der Waals surface area contributed by atoms with E-state index in [2.05, 4.69) is 63.6 Å². The molecule has 6 aromatic rings. The Hall–Kier alpha value is -4.98. The van der Waals surface area contributed by atoms with Crippen molar-refractivity contribution in [1.82, 2.24) is 19.8 Å². The molecule has 0 aliphatic carbocycles. The van der Waals surface area contributed by atoms with Gasteiger partial charge in [0.2, 0.25) is 0 Å². The van der Waals surface area contributed by atoms with E-state index in [-0.39, 0.29) is 10.8 Å². The number of amides is 4. The average molecular weight is 585 g/mol. The molecule has 0 saturated carbocycles. The van der Waals surface area contributed by atoms with Gasteiger partial charge in [-0.15, -0.1) is 0 Å². The van der Waals surface area contributed by atoms with Crippen LogP contribution in [0.1, 0.15) is 94.1 Å². The van der Waals surface area contributed by atoms with Crippen LogP contribution in [0.2, 0.25) is 0 Å². The normalized spacial score (nSPS) is 15.8. The number of rotatable bonds is 0. The molecule has 4 heterocycles. The molecular weight excluding hydrogens is 552 g/mol. The summed E-state index contributed by atoms with van der Waals surface area (Å²) in [5, 5.41) is 3.47. The summed E-state index contributed by atoms with van der Waals surface area (Å²) in [5.74, 6) is -1.87. The van der Waals surface area contributed by atoms with Gasteiger partial charge in [0.15, 0.2) is 0 Å². The monoisotopic (exact) mass is 584 g/mol. The zero-order valence-electron chi connectivity index (χ0n) is 26.0. The van der Waals surface area contributed by atoms with Crippen LogP contribution in [-0.2, 0) is 10.8 Å². The Morgan fingerprint density at radius 1 is 0.500 bits per heavy atom. The molecule has 8 rings (SSSR count). The van der Waals surface area contributed by atoms with Crippen LogP contribution >= 0.6 is 0 Å². The van der Waals surface area contributed by atoms with Gasteiger partial charge in [-0.3, -0.25) is 29.0 Å². The van der Waals surface area contributed by atoms with E-state index in [0.717, 1.165) is 42.7 Å². The van der Waals surface area contributed by atoms with Gasteiger partial charge in [-0.25, -0.2) is 0 Å². The summed E-state index contributed by atoms with van der Waals surface area (Å²) in [6, 6.07) is 12.1. The van der Waals surface area contributed by atoms with E-state index >= 15 is 0 Å². The zero-order chi connectivity index (χ0) is 31.4. The zero-order valence-corrected chi connectivity index (χ0v) is 26.0. The Morgan fingerprint density at radius 2 is 0.841 bits per heavy atom. The van der Waals surface area contributed by atoms with Crippen molar-refractivity contribution in [3.63, 3.8) is 0 Å². The van der Waals surface area contributed by atoms with Crippen molar-refractivity contribution < 1.29 is 19.2 Å². The van der Waals surface area contributed by atoms with Crippen LogP contribution in [0.25, 0.3) is 54.4 Å². The maximum atomic E-state index is 14.1. The van der Waals surface area contributed by atoms with Crippen LogP contribution in [0.3, 0.4) is 0 Å². The second-order valence-corrected chi connectivity index (χ2v) is 14.4. The number of benzene rings is 4. The molecule has 0 unspecified atom stereocenters. The Kier molecular flexibility index (Phi) is 4.80. The number of nitrogens with one attached hydrogen (secondary N) is 2. The van der Waals surface area contributed by atoms with Crippen LogP contribution in [0.5, 0.6) is 0 Å². The van der Waals surface area contributed by atoms with E-state index in [1.165, 1.54) is 14.1 Å². The van der Waals surface area contributed by atoms with Crippen LogP contribution in [0.4, 0.5) is 0 Å². The Balaban J connectivity index is 1.68. The van der Waals surface area contributed by atoms with Crippen molar-refractivity contribution in [3.05, 3.63) is 69.8 Å². The van der Waals surface area contributed by atoms with Crippen molar-refractivity contribution in [2.45, 2.75) is 52.4 Å². The topological polar surface area (TPSA) is 106 Å². The fraction of sp³-hybridized carbons (Fsp3) is 0.278. The van der Waals surface area contributed by atoms with Gasteiger partial charge in [-0.2, -0.15) is 0 Å². The molecular formula is C36H32N4O4. The smallest absolute Gasteiger partial charge is 0.263 e. The molecule has 44 heavy (non-hydrogen) atoms. The highest BCUT2D eigenvalue weighted by Gasteiger charge is 2.43. The minimum atomic E-state index is -0.475. The maximum Gasteiger partial charge on any atom is 0.263 e. The van der Waals surface area contributed by atoms with E-state index in [0.29, 0.717) is 54.8 Å². The summed E-state index contributed by atoms with van der Waals surface area (Å²) in [6.45, 7) is 12.8. The molecule has 8 nitrogen and oxygen atoms in total. The Bertz CT molecular complexity index is 2250. The number of hydrogen-bond donors (Lipinski definition) is 2. The van der Waals surface area contributed by atoms with Gasteiger partial charge in [0.1, 0.15) is 0 Å². The predicted molar refractivity (Wildman–Crippen MR) is 173 cm³/mol. The fourth-order valence-corrected chi connectivity index (χ4v) is 7.18. The van der Waals surface area contributed by atoms with Crippen molar-refractivity contribution in [2.24, 2.45) is 0 Å². The summed E-state index contributed by atoms with van der Waals surface area (Å²) in [5.41, 5.74) is 5.74. The molecule has 0 fully saturated rings. The summed E-state index contributed by atoms with van der Waals surface area (Å²) in [4.78, 5) is 65.6. The number of imide groups is 2. The van der Waals surface area contributed by atoms with E-state index in [1.54, 1.807) is 0 Å². The average Bonchev–Trinajstić information content (AvgIpc) is 3.52. The summed E-state index contributed by atoms with van der Waals surface area (Å²) in [7, 11) is 2.98. The second kappa shape index (κ2) is 7.94. The van der Waals surface area contributed by atoms with Gasteiger partial charge in [-0.1, -0.05) is 65.8 Å². The van der Waals surface area contributed by atoms with Gasteiger partial charge in [-0.05, 0) is 34.1 Å². The number of nitrogens with zero attached hydrogens (tertiary/aromatic N) is 2. The first kappa shape index (κ1) is 26.6. The SMILES string of the molecule is CN1C(=O)c2c3[nH]c4cc(C(C)(C)C)ccc4c3c3c4c(c5c([nH]c6cc(C(C)(C)C)ccc65)c(c24)C1=O)C(=O)N(C)C3=O. The molecule has 0 atom stereocenters. The maximum absolute atomic E-state index is 14.1. The number of carbonyl (C=O) groups excluding carboxylic acids is 4. The number of carbonyl (C=O) groups is 4. The van der Waals surface area contributed by atoms with Gasteiger partial charge >= 0.3 is 0 Å². The highest BCUT2D eigenvalue weighted by molar-refractivity contribution is 6.45. The van der Waals surface area contributed by atoms with Crippen LogP contribution in [0, 0.1) is 0 Å². The highest BCUT2D eigenvalue weighted by atomic mass is 16.2. The number of H-pyrrole nitrogens is 2. The number of aromatic amines is 2. The van der Waals surface area contributed by atoms with Crippen molar-refractivity contribution >= 4 is 78.0 Å². The van der Waals surface area contributed by atoms with Gasteiger partial charge in [0.25, 0.3) is 23.6 Å². The second-order valence-electron chi connectivity index (χ2n) is 14.4. The predicted octanol–water partition coefficient (Wildman–Crippen LogP) is 7.16. The Morgan fingerprint density at radius 3 is 1.20 bits per heavy atom. The Labute approximate surface area is 253 Å². The third kappa shape index (κ3) is 3.07. The molecule has 4 aromatic carbocycles. The molecule has 2 aliphatic rings. The standard InChI is InChI=1S/C36H32N4O4/c1-35(2,3)15-9-11-17-19(13-15)37-29-21(17)25-23-24-27(29)33(43)40(8)34(44)28(24)30-22(26(23)32(42)39(7)31(25)41)18-12-10-16(36(4,5)6)14-20(18)38-30/h9-14,37-38H,1-8H3. The lowest BCUT2D eigenvalue weighted by molar-refractivity contribution is 0.0633. The van der Waals surface area contributed by atoms with Crippen LogP contribution in [-0.4, -0.2) is 57.5 Å². The number of aromatic nitrogens is 2. The van der Waals surface area contributed by atoms with Crippen LogP contribution in [0.15, 0.2) is 36.4 Å². The van der Waals surface area contributed by atoms with Gasteiger partial charge in [0.05, 0.1) is 33.3 Å². The highest BCUT2D eigenvalue weighted by Crippen LogP contribution is 2.49. The lowest BCUT2D eigenvalue weighted by Gasteiger charge is -2.31. The number of hydrogen-bond acceptors (Lipinski definition) is 4. The third-order valence-corrected chi connectivity index (χ3v) is 9.65. The first-order chi connectivity index (χ1) is 20.6. The van der Waals surface area contributed by atoms with Gasteiger partial charge in [0, 0.05) is 57.4 Å². The first-order valence-corrected chi connectivity index (χ1v) is 14.8. The van der Waals surface area contributed by atoms with Gasteiger partial charge < -0.3 is 9.97 Å². The molecule has 0 spiro atoms. The molecule has 2 aliphatic heterocycles. The van der Waals surface area contributed by atoms with Crippen molar-refractivity contribution in [2.75, 3.05) is 14.1 Å². The lowest BCUT2D eigenvalue weighted by Crippen LogP contribution is -2.41. The van der Waals surface area contributed by atoms with E-state index < -0.39 is 23.6 Å². The van der Waals surface area contributed by atoms with E-state index in [9.17, 15) is 19.2 Å². The molecule has 220 valence electrons. The van der Waals surface area contributed by atoms with Crippen LogP contribution < -0.4 is 0 Å². The van der Waals surface area contributed by atoms with E-state index in [1.807, 2.05) is 24.3 Å². The summed E-state index contributed by atoms with van der Waals surface area (Å²) >= 11 is 0. The third-order valence-electron chi connectivity index (χ3n) is 9.65. The lowest BCUT2D eigenvalue weighted by atomic mass is 9.81. The largest absolute Gasteiger partial charge is 0.354 e. The number of fused-ring (bicyclic) bond motifs is 10.